The number of hydrogen-bond donors (Lipinski definition) is 3. The van der Waals surface area contributed by atoms with Crippen LogP contribution in [0.4, 0.5) is 22.7 Å². The Bertz CT molecular complexity index is 1570. The third kappa shape index (κ3) is 5.14. The summed E-state index contributed by atoms with van der Waals surface area (Å²) in [6.07, 6.45) is 0.663. The first-order chi connectivity index (χ1) is 18.3. The van der Waals surface area contributed by atoms with Gasteiger partial charge in [-0.05, 0) is 84.3 Å². The number of rotatable bonds is 8. The lowest BCUT2D eigenvalue weighted by Gasteiger charge is -2.20. The van der Waals surface area contributed by atoms with Crippen molar-refractivity contribution in [3.63, 3.8) is 0 Å². The number of para-hydroxylation sites is 2. The molecule has 0 radical (unpaired) electrons. The molecule has 4 aromatic carbocycles. The Morgan fingerprint density at radius 3 is 2.42 bits per heavy atom. The van der Waals surface area contributed by atoms with E-state index in [9.17, 15) is 13.2 Å². The zero-order chi connectivity index (χ0) is 26.7. The molecule has 4 N–H and O–H groups in total. The van der Waals surface area contributed by atoms with Gasteiger partial charge < -0.3 is 21.1 Å². The number of nitrogens with zero attached hydrogens (tertiary/aromatic N) is 1. The summed E-state index contributed by atoms with van der Waals surface area (Å²) in [6.45, 7) is 0.897. The Morgan fingerprint density at radius 2 is 1.71 bits per heavy atom. The lowest BCUT2D eigenvalue weighted by molar-refractivity contribution is 0.102. The number of sulfonamides is 1. The highest BCUT2D eigenvalue weighted by Crippen LogP contribution is 2.34. The Labute approximate surface area is 222 Å². The van der Waals surface area contributed by atoms with E-state index in [1.165, 1.54) is 4.31 Å². The summed E-state index contributed by atoms with van der Waals surface area (Å²) in [6, 6.07) is 26.6. The Morgan fingerprint density at radius 1 is 0.974 bits per heavy atom. The van der Waals surface area contributed by atoms with Crippen LogP contribution < -0.4 is 25.4 Å². The highest BCUT2D eigenvalue weighted by atomic mass is 32.2. The summed E-state index contributed by atoms with van der Waals surface area (Å²) in [7, 11) is -2.14. The number of hydrogen-bond acceptors (Lipinski definition) is 6. The van der Waals surface area contributed by atoms with Gasteiger partial charge in [0.15, 0.2) is 0 Å². The van der Waals surface area contributed by atoms with Crippen LogP contribution in [-0.2, 0) is 23.0 Å². The number of carbonyl (C=O) groups is 1. The molecule has 5 rings (SSSR count). The average Bonchev–Trinajstić information content (AvgIpc) is 3.38. The largest absolute Gasteiger partial charge is 0.497 e. The summed E-state index contributed by atoms with van der Waals surface area (Å²) < 4.78 is 33.3. The predicted octanol–water partition coefficient (Wildman–Crippen LogP) is 4.89. The van der Waals surface area contributed by atoms with Crippen LogP contribution in [0, 0.1) is 0 Å². The monoisotopic (exact) mass is 528 g/mol. The quantitative estimate of drug-likeness (QED) is 0.281. The van der Waals surface area contributed by atoms with Crippen molar-refractivity contribution in [2.24, 2.45) is 0 Å². The number of fused-ring (bicyclic) bond motifs is 1. The molecule has 38 heavy (non-hydrogen) atoms. The predicted molar refractivity (Wildman–Crippen MR) is 150 cm³/mol. The van der Waals surface area contributed by atoms with E-state index >= 15 is 0 Å². The number of nitrogens with one attached hydrogen (secondary N) is 2. The van der Waals surface area contributed by atoms with Crippen LogP contribution in [0.15, 0.2) is 95.9 Å². The highest BCUT2D eigenvalue weighted by Gasteiger charge is 2.31. The standard InChI is InChI=1S/C29H28N4O4S/c1-37-24-12-14-25(15-13-24)38(35,36)33-17-16-21-7-6-20(18-28(21)33)19-31-23-10-8-22(9-11-23)29(34)32-27-5-3-2-4-26(27)30/h2-15,18,31H,16-17,19,30H2,1H3,(H,32,34). The number of anilines is 4. The number of nitrogens with two attached hydrogens (primary N) is 1. The van der Waals surface area contributed by atoms with Crippen molar-refractivity contribution in [1.29, 1.82) is 0 Å². The molecule has 0 bridgehead atoms. The summed E-state index contributed by atoms with van der Waals surface area (Å²) in [5, 5.41) is 6.16. The van der Waals surface area contributed by atoms with Gasteiger partial charge in [-0.25, -0.2) is 8.42 Å². The van der Waals surface area contributed by atoms with Gasteiger partial charge in [0.25, 0.3) is 15.9 Å². The summed E-state index contributed by atoms with van der Waals surface area (Å²) in [5.74, 6) is 0.361. The van der Waals surface area contributed by atoms with E-state index in [4.69, 9.17) is 10.5 Å². The van der Waals surface area contributed by atoms with Gasteiger partial charge in [-0.1, -0.05) is 24.3 Å². The van der Waals surface area contributed by atoms with Crippen molar-refractivity contribution < 1.29 is 17.9 Å². The van der Waals surface area contributed by atoms with Gasteiger partial charge >= 0.3 is 0 Å². The summed E-state index contributed by atoms with van der Waals surface area (Å²) >= 11 is 0. The van der Waals surface area contributed by atoms with Crippen LogP contribution in [0.5, 0.6) is 5.75 Å². The van der Waals surface area contributed by atoms with Gasteiger partial charge in [-0.15, -0.1) is 0 Å². The summed E-state index contributed by atoms with van der Waals surface area (Å²) in [5.41, 5.74) is 11.0. The van der Waals surface area contributed by atoms with Crippen LogP contribution >= 0.6 is 0 Å². The summed E-state index contributed by atoms with van der Waals surface area (Å²) in [4.78, 5) is 12.8. The normalized spacial score (nSPS) is 12.6. The zero-order valence-electron chi connectivity index (χ0n) is 20.8. The fraction of sp³-hybridized carbons (Fsp3) is 0.138. The molecule has 0 aliphatic carbocycles. The van der Waals surface area contributed by atoms with Crippen LogP contribution in [-0.4, -0.2) is 28.0 Å². The number of carbonyl (C=O) groups excluding carboxylic acids is 1. The van der Waals surface area contributed by atoms with Crippen molar-refractivity contribution in [1.82, 2.24) is 0 Å². The molecule has 9 heteroatoms. The SMILES string of the molecule is COc1ccc(S(=O)(=O)N2CCc3ccc(CNc4ccc(C(=O)Nc5ccccc5N)cc4)cc32)cc1. The van der Waals surface area contributed by atoms with Gasteiger partial charge in [0.1, 0.15) is 5.75 Å². The second kappa shape index (κ2) is 10.5. The third-order valence-corrected chi connectivity index (χ3v) is 8.33. The Kier molecular flexibility index (Phi) is 6.93. The van der Waals surface area contributed by atoms with E-state index in [0.29, 0.717) is 47.9 Å². The van der Waals surface area contributed by atoms with Gasteiger partial charge in [0.05, 0.1) is 29.1 Å². The second-order valence-corrected chi connectivity index (χ2v) is 10.8. The zero-order valence-corrected chi connectivity index (χ0v) is 21.7. The number of methoxy groups -OCH3 is 1. The first-order valence-electron chi connectivity index (χ1n) is 12.1. The molecule has 0 saturated carbocycles. The molecular formula is C29H28N4O4S. The van der Waals surface area contributed by atoms with E-state index in [2.05, 4.69) is 10.6 Å². The molecule has 1 aliphatic rings. The minimum atomic E-state index is -3.69. The first-order valence-corrected chi connectivity index (χ1v) is 13.6. The molecule has 0 fully saturated rings. The fourth-order valence-electron chi connectivity index (χ4n) is 4.38. The van der Waals surface area contributed by atoms with Crippen molar-refractivity contribution >= 4 is 38.7 Å². The molecule has 194 valence electrons. The van der Waals surface area contributed by atoms with E-state index in [1.54, 1.807) is 55.6 Å². The lowest BCUT2D eigenvalue weighted by atomic mass is 10.1. The van der Waals surface area contributed by atoms with E-state index < -0.39 is 10.0 Å². The molecular weight excluding hydrogens is 500 g/mol. The van der Waals surface area contributed by atoms with E-state index in [-0.39, 0.29) is 10.8 Å². The van der Waals surface area contributed by atoms with Crippen LogP contribution in [0.3, 0.4) is 0 Å². The van der Waals surface area contributed by atoms with Gasteiger partial charge in [-0.2, -0.15) is 0 Å². The maximum Gasteiger partial charge on any atom is 0.264 e. The first kappa shape index (κ1) is 25.2. The molecule has 1 amide bonds. The maximum absolute atomic E-state index is 13.3. The van der Waals surface area contributed by atoms with Crippen molar-refractivity contribution in [3.8, 4) is 5.75 Å². The fourth-order valence-corrected chi connectivity index (χ4v) is 5.87. The van der Waals surface area contributed by atoms with Crippen molar-refractivity contribution in [3.05, 3.63) is 108 Å². The smallest absolute Gasteiger partial charge is 0.264 e. The van der Waals surface area contributed by atoms with Gasteiger partial charge in [0, 0.05) is 24.3 Å². The molecule has 1 aliphatic heterocycles. The Balaban J connectivity index is 1.26. The molecule has 0 saturated heterocycles. The highest BCUT2D eigenvalue weighted by molar-refractivity contribution is 7.92. The third-order valence-electron chi connectivity index (χ3n) is 6.50. The molecule has 0 aromatic heterocycles. The number of nitrogen functional groups attached to an aromatic ring is 1. The molecule has 0 unspecified atom stereocenters. The molecule has 8 nitrogen and oxygen atoms in total. The average molecular weight is 529 g/mol. The molecule has 0 atom stereocenters. The van der Waals surface area contributed by atoms with Crippen LogP contribution in [0.2, 0.25) is 0 Å². The molecule has 1 heterocycles. The second-order valence-electron chi connectivity index (χ2n) is 8.94. The lowest BCUT2D eigenvalue weighted by Crippen LogP contribution is -2.29. The molecule has 4 aromatic rings. The van der Waals surface area contributed by atoms with Gasteiger partial charge in [-0.3, -0.25) is 9.10 Å². The van der Waals surface area contributed by atoms with Crippen LogP contribution in [0.1, 0.15) is 21.5 Å². The van der Waals surface area contributed by atoms with Crippen molar-refractivity contribution in [2.75, 3.05) is 34.3 Å². The number of benzene rings is 4. The molecule has 0 spiro atoms. The van der Waals surface area contributed by atoms with E-state index in [0.717, 1.165) is 16.8 Å². The Hall–Kier alpha value is -4.50. The number of ether oxygens (including phenoxy) is 1. The minimum absolute atomic E-state index is 0.230. The van der Waals surface area contributed by atoms with E-state index in [1.807, 2.05) is 42.5 Å². The van der Waals surface area contributed by atoms with Gasteiger partial charge in [0.2, 0.25) is 0 Å². The minimum Gasteiger partial charge on any atom is -0.497 e. The number of amides is 1. The maximum atomic E-state index is 13.3. The van der Waals surface area contributed by atoms with Crippen molar-refractivity contribution in [2.45, 2.75) is 17.9 Å². The topological polar surface area (TPSA) is 114 Å². The van der Waals surface area contributed by atoms with Crippen LogP contribution in [0.25, 0.3) is 0 Å².